The van der Waals surface area contributed by atoms with Crippen molar-refractivity contribution in [2.24, 2.45) is 5.92 Å². The van der Waals surface area contributed by atoms with Gasteiger partial charge < -0.3 is 14.6 Å². The summed E-state index contributed by atoms with van der Waals surface area (Å²) in [5.74, 6) is -0.372. The van der Waals surface area contributed by atoms with Crippen LogP contribution in [-0.4, -0.2) is 29.5 Å². The standard InChI is InChI=1S/C21H25NO5S/c1-14-3-7-17(8-4-14)22-21(25)27-20(16-5-9-18(23)10-6-16)15(2)11-12-26-19(24)13-28/h3-10,15,20,23,28H,11-13H2,1-2H3,(H,22,25)/t15-,20+/m0/s1. The zero-order chi connectivity index (χ0) is 20.5. The van der Waals surface area contributed by atoms with Crippen LogP contribution in [-0.2, 0) is 14.3 Å². The summed E-state index contributed by atoms with van der Waals surface area (Å²) in [5.41, 5.74) is 2.46. The fourth-order valence-electron chi connectivity index (χ4n) is 2.63. The van der Waals surface area contributed by atoms with E-state index in [1.54, 1.807) is 24.3 Å². The lowest BCUT2D eigenvalue weighted by Crippen LogP contribution is -2.23. The average Bonchev–Trinajstić information content (AvgIpc) is 2.68. The molecule has 7 heteroatoms. The van der Waals surface area contributed by atoms with E-state index >= 15 is 0 Å². The van der Waals surface area contributed by atoms with Crippen LogP contribution in [0.25, 0.3) is 0 Å². The third-order valence-corrected chi connectivity index (χ3v) is 4.49. The van der Waals surface area contributed by atoms with E-state index in [1.165, 1.54) is 12.1 Å². The molecule has 0 aliphatic rings. The molecule has 0 spiro atoms. The molecule has 0 fully saturated rings. The van der Waals surface area contributed by atoms with Gasteiger partial charge in [0.2, 0.25) is 0 Å². The molecule has 2 aromatic rings. The topological polar surface area (TPSA) is 84.9 Å². The molecule has 2 atom stereocenters. The third kappa shape index (κ3) is 6.81. The number of thiol groups is 1. The van der Waals surface area contributed by atoms with Gasteiger partial charge in [0, 0.05) is 11.6 Å². The van der Waals surface area contributed by atoms with Crippen molar-refractivity contribution in [1.29, 1.82) is 0 Å². The van der Waals surface area contributed by atoms with Gasteiger partial charge in [-0.05, 0) is 43.2 Å². The molecular formula is C21H25NO5S. The van der Waals surface area contributed by atoms with Crippen LogP contribution in [0.4, 0.5) is 10.5 Å². The number of amides is 1. The predicted molar refractivity (Wildman–Crippen MR) is 111 cm³/mol. The van der Waals surface area contributed by atoms with E-state index in [9.17, 15) is 14.7 Å². The number of nitrogens with one attached hydrogen (secondary N) is 1. The van der Waals surface area contributed by atoms with E-state index in [0.717, 1.165) is 11.1 Å². The van der Waals surface area contributed by atoms with Crippen LogP contribution >= 0.6 is 12.6 Å². The molecule has 0 aromatic heterocycles. The predicted octanol–water partition coefficient (Wildman–Crippen LogP) is 4.49. The maximum Gasteiger partial charge on any atom is 0.412 e. The van der Waals surface area contributed by atoms with Crippen LogP contribution in [0.3, 0.4) is 0 Å². The molecule has 2 aromatic carbocycles. The number of aryl methyl sites for hydroxylation is 1. The molecule has 0 unspecified atom stereocenters. The van der Waals surface area contributed by atoms with Crippen molar-refractivity contribution in [2.45, 2.75) is 26.4 Å². The lowest BCUT2D eigenvalue weighted by atomic mass is 9.94. The average molecular weight is 404 g/mol. The molecular weight excluding hydrogens is 378 g/mol. The number of hydrogen-bond donors (Lipinski definition) is 3. The quantitative estimate of drug-likeness (QED) is 0.447. The van der Waals surface area contributed by atoms with Crippen LogP contribution in [0.15, 0.2) is 48.5 Å². The van der Waals surface area contributed by atoms with Gasteiger partial charge in [0.1, 0.15) is 11.9 Å². The van der Waals surface area contributed by atoms with Crippen LogP contribution in [0.5, 0.6) is 5.75 Å². The first-order valence-corrected chi connectivity index (χ1v) is 9.62. The molecule has 28 heavy (non-hydrogen) atoms. The molecule has 0 aliphatic carbocycles. The van der Waals surface area contributed by atoms with Crippen LogP contribution in [0, 0.1) is 12.8 Å². The lowest BCUT2D eigenvalue weighted by molar-refractivity contribution is -0.141. The molecule has 0 radical (unpaired) electrons. The maximum atomic E-state index is 12.4. The highest BCUT2D eigenvalue weighted by atomic mass is 32.1. The Kier molecular flexibility index (Phi) is 8.19. The van der Waals surface area contributed by atoms with E-state index in [0.29, 0.717) is 12.1 Å². The normalized spacial score (nSPS) is 12.7. The first kappa shape index (κ1) is 21.6. The van der Waals surface area contributed by atoms with Crippen molar-refractivity contribution in [1.82, 2.24) is 0 Å². The van der Waals surface area contributed by atoms with Crippen molar-refractivity contribution in [2.75, 3.05) is 17.7 Å². The third-order valence-electron chi connectivity index (χ3n) is 4.24. The Hall–Kier alpha value is -2.67. The summed E-state index contributed by atoms with van der Waals surface area (Å²) in [6, 6.07) is 13.9. The molecule has 150 valence electrons. The molecule has 0 aliphatic heterocycles. The zero-order valence-electron chi connectivity index (χ0n) is 15.9. The van der Waals surface area contributed by atoms with Gasteiger partial charge in [-0.2, -0.15) is 12.6 Å². The number of rotatable bonds is 8. The van der Waals surface area contributed by atoms with Gasteiger partial charge in [0.25, 0.3) is 0 Å². The number of phenolic OH excluding ortho intramolecular Hbond substituents is 1. The first-order chi connectivity index (χ1) is 13.4. The molecule has 0 heterocycles. The number of carbonyl (C=O) groups is 2. The molecule has 1 amide bonds. The largest absolute Gasteiger partial charge is 0.508 e. The number of ether oxygens (including phenoxy) is 2. The number of carbonyl (C=O) groups excluding carboxylic acids is 2. The summed E-state index contributed by atoms with van der Waals surface area (Å²) in [6.45, 7) is 4.08. The second-order valence-electron chi connectivity index (χ2n) is 6.55. The number of phenols is 1. The van der Waals surface area contributed by atoms with Crippen LogP contribution in [0.2, 0.25) is 0 Å². The highest BCUT2D eigenvalue weighted by Gasteiger charge is 2.24. The molecule has 0 saturated carbocycles. The van der Waals surface area contributed by atoms with Crippen molar-refractivity contribution in [3.05, 3.63) is 59.7 Å². The smallest absolute Gasteiger partial charge is 0.412 e. The van der Waals surface area contributed by atoms with Gasteiger partial charge in [-0.25, -0.2) is 4.79 Å². The van der Waals surface area contributed by atoms with Crippen molar-refractivity contribution in [3.63, 3.8) is 0 Å². The lowest BCUT2D eigenvalue weighted by Gasteiger charge is -2.25. The molecule has 6 nitrogen and oxygen atoms in total. The van der Waals surface area contributed by atoms with Crippen molar-refractivity contribution in [3.8, 4) is 5.75 Å². The first-order valence-electron chi connectivity index (χ1n) is 8.98. The highest BCUT2D eigenvalue weighted by Crippen LogP contribution is 2.30. The summed E-state index contributed by atoms with van der Waals surface area (Å²) in [6.07, 6.45) is -0.648. The van der Waals surface area contributed by atoms with Crippen LogP contribution < -0.4 is 5.32 Å². The molecule has 2 N–H and O–H groups in total. The summed E-state index contributed by atoms with van der Waals surface area (Å²) >= 11 is 3.87. The number of aromatic hydroxyl groups is 1. The number of anilines is 1. The monoisotopic (exact) mass is 403 g/mol. The van der Waals surface area contributed by atoms with Gasteiger partial charge in [0.15, 0.2) is 0 Å². The molecule has 2 rings (SSSR count). The van der Waals surface area contributed by atoms with E-state index in [-0.39, 0.29) is 24.0 Å². The fourth-order valence-corrected chi connectivity index (χ4v) is 2.72. The summed E-state index contributed by atoms with van der Waals surface area (Å²) < 4.78 is 10.7. The minimum atomic E-state index is -0.582. The summed E-state index contributed by atoms with van der Waals surface area (Å²) in [7, 11) is 0. The van der Waals surface area contributed by atoms with Gasteiger partial charge in [-0.15, -0.1) is 0 Å². The van der Waals surface area contributed by atoms with E-state index < -0.39 is 18.2 Å². The van der Waals surface area contributed by atoms with Crippen molar-refractivity contribution < 1.29 is 24.2 Å². The molecule has 0 bridgehead atoms. The Morgan fingerprint density at radius 1 is 1.11 bits per heavy atom. The highest BCUT2D eigenvalue weighted by molar-refractivity contribution is 7.81. The molecule has 0 saturated heterocycles. The van der Waals surface area contributed by atoms with E-state index in [2.05, 4.69) is 17.9 Å². The summed E-state index contributed by atoms with van der Waals surface area (Å²) in [5, 5.41) is 12.2. The van der Waals surface area contributed by atoms with E-state index in [4.69, 9.17) is 9.47 Å². The summed E-state index contributed by atoms with van der Waals surface area (Å²) in [4.78, 5) is 23.7. The second-order valence-corrected chi connectivity index (χ2v) is 6.87. The second kappa shape index (κ2) is 10.6. The van der Waals surface area contributed by atoms with Crippen LogP contribution in [0.1, 0.15) is 30.6 Å². The zero-order valence-corrected chi connectivity index (χ0v) is 16.8. The Morgan fingerprint density at radius 3 is 2.36 bits per heavy atom. The Balaban J connectivity index is 2.06. The number of hydrogen-bond acceptors (Lipinski definition) is 6. The van der Waals surface area contributed by atoms with Crippen molar-refractivity contribution >= 4 is 30.4 Å². The number of benzene rings is 2. The van der Waals surface area contributed by atoms with E-state index in [1.807, 2.05) is 26.0 Å². The Labute approximate surface area is 170 Å². The SMILES string of the molecule is Cc1ccc(NC(=O)O[C@@H](c2ccc(O)cc2)[C@@H](C)CCOC(=O)CS)cc1. The minimum Gasteiger partial charge on any atom is -0.508 e. The van der Waals surface area contributed by atoms with Gasteiger partial charge in [-0.3, -0.25) is 10.1 Å². The Bertz CT molecular complexity index is 776. The van der Waals surface area contributed by atoms with Gasteiger partial charge in [-0.1, -0.05) is 36.8 Å². The van der Waals surface area contributed by atoms with Gasteiger partial charge in [0.05, 0.1) is 12.4 Å². The minimum absolute atomic E-state index is 0.0191. The maximum absolute atomic E-state index is 12.4. The Morgan fingerprint density at radius 2 is 1.75 bits per heavy atom. The number of esters is 1. The van der Waals surface area contributed by atoms with Gasteiger partial charge >= 0.3 is 12.1 Å². The fraction of sp³-hybridized carbons (Fsp3) is 0.333.